The molecule has 0 aliphatic carbocycles. The number of hydrogen-bond donors (Lipinski definition) is 0. The van der Waals surface area contributed by atoms with Crippen LogP contribution in [0.1, 0.15) is 70.4 Å². The van der Waals surface area contributed by atoms with Gasteiger partial charge in [0.2, 0.25) is 0 Å². The van der Waals surface area contributed by atoms with Gasteiger partial charge in [0.1, 0.15) is 0 Å². The monoisotopic (exact) mass is 490 g/mol. The van der Waals surface area contributed by atoms with Gasteiger partial charge in [-0.25, -0.2) is 0 Å². The van der Waals surface area contributed by atoms with Crippen molar-refractivity contribution in [3.8, 4) is 9.75 Å². The van der Waals surface area contributed by atoms with E-state index in [1.807, 2.05) is 22.7 Å². The van der Waals surface area contributed by atoms with Crippen molar-refractivity contribution < 1.29 is 0 Å². The number of unbranched alkanes of at least 4 members (excludes halogenated alkanes) is 2. The SMILES string of the molecule is CCCCc1cc(-c2cc(CC(CC)CCCC)c(Br)s2)sc1Br. The van der Waals surface area contributed by atoms with E-state index in [2.05, 4.69) is 64.8 Å². The molecule has 0 aromatic carbocycles. The molecule has 0 aliphatic rings. The van der Waals surface area contributed by atoms with Crippen molar-refractivity contribution in [2.24, 2.45) is 5.92 Å². The van der Waals surface area contributed by atoms with E-state index in [1.54, 1.807) is 0 Å². The Labute approximate surface area is 172 Å². The highest BCUT2D eigenvalue weighted by Crippen LogP contribution is 2.42. The normalized spacial score (nSPS) is 12.7. The summed E-state index contributed by atoms with van der Waals surface area (Å²) in [4.78, 5) is 2.82. The van der Waals surface area contributed by atoms with Crippen molar-refractivity contribution in [3.63, 3.8) is 0 Å². The van der Waals surface area contributed by atoms with Crippen molar-refractivity contribution in [3.05, 3.63) is 30.8 Å². The molecule has 24 heavy (non-hydrogen) atoms. The molecule has 0 radical (unpaired) electrons. The Balaban J connectivity index is 2.13. The molecule has 0 amide bonds. The highest BCUT2D eigenvalue weighted by molar-refractivity contribution is 9.11. The Morgan fingerprint density at radius 3 is 2.04 bits per heavy atom. The molecule has 0 bridgehead atoms. The molecule has 2 aromatic rings. The van der Waals surface area contributed by atoms with Crippen LogP contribution in [0.2, 0.25) is 0 Å². The third-order valence-electron chi connectivity index (χ3n) is 4.61. The second-order valence-electron chi connectivity index (χ2n) is 6.54. The van der Waals surface area contributed by atoms with Gasteiger partial charge in [0.15, 0.2) is 0 Å². The van der Waals surface area contributed by atoms with E-state index < -0.39 is 0 Å². The Morgan fingerprint density at radius 2 is 1.46 bits per heavy atom. The standard InChI is InChI=1S/C20H28Br2S2/c1-4-7-9-14(6-3)11-16-13-18(24-20(16)22)17-12-15(10-8-5-2)19(21)23-17/h12-14H,4-11H2,1-3H3. The minimum Gasteiger partial charge on any atom is -0.127 e. The van der Waals surface area contributed by atoms with Gasteiger partial charge in [-0.1, -0.05) is 52.9 Å². The minimum atomic E-state index is 0.818. The summed E-state index contributed by atoms with van der Waals surface area (Å²) in [6.45, 7) is 6.88. The highest BCUT2D eigenvalue weighted by atomic mass is 79.9. The van der Waals surface area contributed by atoms with Gasteiger partial charge in [-0.05, 0) is 80.3 Å². The Bertz CT molecular complexity index is 628. The van der Waals surface area contributed by atoms with E-state index >= 15 is 0 Å². The zero-order chi connectivity index (χ0) is 17.5. The van der Waals surface area contributed by atoms with E-state index in [4.69, 9.17) is 0 Å². The third-order valence-corrected chi connectivity index (χ3v) is 8.73. The predicted molar refractivity (Wildman–Crippen MR) is 119 cm³/mol. The van der Waals surface area contributed by atoms with Gasteiger partial charge in [-0.15, -0.1) is 22.7 Å². The largest absolute Gasteiger partial charge is 0.127 e. The molecule has 0 N–H and O–H groups in total. The molecule has 2 rings (SSSR count). The fourth-order valence-corrected chi connectivity index (χ4v) is 6.55. The lowest BCUT2D eigenvalue weighted by Crippen LogP contribution is -2.02. The second kappa shape index (κ2) is 10.5. The molecule has 0 saturated heterocycles. The molecule has 2 aromatic heterocycles. The molecule has 1 unspecified atom stereocenters. The van der Waals surface area contributed by atoms with Crippen molar-refractivity contribution in [2.75, 3.05) is 0 Å². The molecule has 0 nitrogen and oxygen atoms in total. The summed E-state index contributed by atoms with van der Waals surface area (Å²) in [6.07, 6.45) is 10.2. The smallest absolute Gasteiger partial charge is 0.0737 e. The molecular weight excluding hydrogens is 464 g/mol. The average molecular weight is 492 g/mol. The Kier molecular flexibility index (Phi) is 9.04. The lowest BCUT2D eigenvalue weighted by atomic mass is 9.93. The third kappa shape index (κ3) is 5.69. The maximum Gasteiger partial charge on any atom is 0.0737 e. The van der Waals surface area contributed by atoms with Crippen LogP contribution in [0.3, 0.4) is 0 Å². The summed E-state index contributed by atoms with van der Waals surface area (Å²) in [5, 5.41) is 0. The molecular formula is C20H28Br2S2. The maximum absolute atomic E-state index is 3.82. The Morgan fingerprint density at radius 1 is 0.875 bits per heavy atom. The van der Waals surface area contributed by atoms with Crippen LogP contribution < -0.4 is 0 Å². The number of thiophene rings is 2. The molecule has 1 atom stereocenters. The van der Waals surface area contributed by atoms with E-state index in [9.17, 15) is 0 Å². The first-order valence-electron chi connectivity index (χ1n) is 9.15. The van der Waals surface area contributed by atoms with Gasteiger partial charge in [0.25, 0.3) is 0 Å². The Hall–Kier alpha value is 0.360. The molecule has 0 saturated carbocycles. The van der Waals surface area contributed by atoms with Crippen molar-refractivity contribution in [1.29, 1.82) is 0 Å². The zero-order valence-corrected chi connectivity index (χ0v) is 19.8. The summed E-state index contributed by atoms with van der Waals surface area (Å²) < 4.78 is 2.64. The zero-order valence-electron chi connectivity index (χ0n) is 15.0. The fraction of sp³-hybridized carbons (Fsp3) is 0.600. The number of rotatable bonds is 10. The average Bonchev–Trinajstić information content (AvgIpc) is 3.12. The summed E-state index contributed by atoms with van der Waals surface area (Å²) in [7, 11) is 0. The number of hydrogen-bond acceptors (Lipinski definition) is 2. The van der Waals surface area contributed by atoms with Crippen LogP contribution in [-0.4, -0.2) is 0 Å². The van der Waals surface area contributed by atoms with Crippen LogP contribution in [0.25, 0.3) is 9.75 Å². The van der Waals surface area contributed by atoms with Gasteiger partial charge >= 0.3 is 0 Å². The van der Waals surface area contributed by atoms with E-state index in [0.29, 0.717) is 0 Å². The van der Waals surface area contributed by atoms with Crippen molar-refractivity contribution >= 4 is 54.5 Å². The molecule has 0 spiro atoms. The highest BCUT2D eigenvalue weighted by Gasteiger charge is 2.16. The van der Waals surface area contributed by atoms with Crippen LogP contribution in [0, 0.1) is 5.92 Å². The van der Waals surface area contributed by atoms with E-state index in [0.717, 1.165) is 5.92 Å². The van der Waals surface area contributed by atoms with Crippen LogP contribution >= 0.6 is 54.5 Å². The second-order valence-corrected chi connectivity index (χ2v) is 11.3. The van der Waals surface area contributed by atoms with Crippen LogP contribution in [0.4, 0.5) is 0 Å². The fourth-order valence-electron chi connectivity index (χ4n) is 2.99. The first-order chi connectivity index (χ1) is 11.6. The van der Waals surface area contributed by atoms with Gasteiger partial charge in [-0.3, -0.25) is 0 Å². The summed E-state index contributed by atoms with van der Waals surface area (Å²) in [6, 6.07) is 4.81. The van der Waals surface area contributed by atoms with E-state index in [-0.39, 0.29) is 0 Å². The topological polar surface area (TPSA) is 0 Å². The molecule has 0 aliphatic heterocycles. The first-order valence-corrected chi connectivity index (χ1v) is 12.4. The van der Waals surface area contributed by atoms with Gasteiger partial charge in [-0.2, -0.15) is 0 Å². The molecule has 0 fully saturated rings. The lowest BCUT2D eigenvalue weighted by molar-refractivity contribution is 0.449. The van der Waals surface area contributed by atoms with Gasteiger partial charge in [0.05, 0.1) is 7.57 Å². The number of aryl methyl sites for hydroxylation is 1. The lowest BCUT2D eigenvalue weighted by Gasteiger charge is -2.13. The summed E-state index contributed by atoms with van der Waals surface area (Å²) >= 11 is 11.4. The molecule has 4 heteroatoms. The van der Waals surface area contributed by atoms with E-state index in [1.165, 1.54) is 79.8 Å². The van der Waals surface area contributed by atoms with Gasteiger partial charge < -0.3 is 0 Å². The van der Waals surface area contributed by atoms with Gasteiger partial charge in [0, 0.05) is 9.75 Å². The van der Waals surface area contributed by atoms with Crippen LogP contribution in [0.5, 0.6) is 0 Å². The quantitative estimate of drug-likeness (QED) is 0.310. The van der Waals surface area contributed by atoms with Crippen molar-refractivity contribution in [2.45, 2.75) is 72.1 Å². The molecule has 134 valence electrons. The summed E-state index contributed by atoms with van der Waals surface area (Å²) in [5.74, 6) is 0.818. The minimum absolute atomic E-state index is 0.818. The van der Waals surface area contributed by atoms with Crippen LogP contribution in [0.15, 0.2) is 19.7 Å². The summed E-state index contributed by atoms with van der Waals surface area (Å²) in [5.41, 5.74) is 2.97. The van der Waals surface area contributed by atoms with Crippen LogP contribution in [-0.2, 0) is 12.8 Å². The molecule has 2 heterocycles. The maximum atomic E-state index is 3.82. The number of halogens is 2. The van der Waals surface area contributed by atoms with Crippen molar-refractivity contribution in [1.82, 2.24) is 0 Å². The predicted octanol–water partition coefficient (Wildman–Crippen LogP) is 9.10. The first kappa shape index (κ1) is 20.7.